The minimum Gasteiger partial charge on any atom is -0.465 e. The van der Waals surface area contributed by atoms with Crippen LogP contribution in [0.4, 0.5) is 4.79 Å². The van der Waals surface area contributed by atoms with Crippen molar-refractivity contribution in [3.05, 3.63) is 35.4 Å². The van der Waals surface area contributed by atoms with Crippen molar-refractivity contribution in [2.75, 3.05) is 13.1 Å². The number of nitrogens with zero attached hydrogens (tertiary/aromatic N) is 2. The SMILES string of the molecule is CCN(C(=O)O)C(C)(C)CCN1C(=O)c2ccccc2C1=O. The van der Waals surface area contributed by atoms with Gasteiger partial charge in [0.1, 0.15) is 0 Å². The Labute approximate surface area is 129 Å². The molecule has 0 unspecified atom stereocenters. The lowest BCUT2D eigenvalue weighted by molar-refractivity contribution is 0.0596. The van der Waals surface area contributed by atoms with E-state index in [1.54, 1.807) is 45.0 Å². The van der Waals surface area contributed by atoms with Gasteiger partial charge in [-0.05, 0) is 39.3 Å². The Balaban J connectivity index is 2.12. The molecule has 1 aromatic rings. The van der Waals surface area contributed by atoms with Gasteiger partial charge in [-0.15, -0.1) is 0 Å². The number of amides is 3. The second kappa shape index (κ2) is 5.79. The maximum absolute atomic E-state index is 12.3. The summed E-state index contributed by atoms with van der Waals surface area (Å²) in [4.78, 5) is 38.3. The number of imide groups is 1. The molecule has 1 aliphatic rings. The molecule has 2 rings (SSSR count). The summed E-state index contributed by atoms with van der Waals surface area (Å²) in [5.74, 6) is -0.621. The van der Waals surface area contributed by atoms with Crippen LogP contribution in [0.25, 0.3) is 0 Å². The highest BCUT2D eigenvalue weighted by atomic mass is 16.4. The average Bonchev–Trinajstić information content (AvgIpc) is 2.69. The Morgan fingerprint density at radius 2 is 1.68 bits per heavy atom. The molecule has 0 spiro atoms. The summed E-state index contributed by atoms with van der Waals surface area (Å²) in [7, 11) is 0. The number of carbonyl (C=O) groups is 3. The van der Waals surface area contributed by atoms with Gasteiger partial charge in [-0.3, -0.25) is 14.5 Å². The number of benzene rings is 1. The predicted octanol–water partition coefficient (Wildman–Crippen LogP) is 2.45. The molecule has 6 heteroatoms. The topological polar surface area (TPSA) is 77.9 Å². The van der Waals surface area contributed by atoms with Crippen LogP contribution in [0.1, 0.15) is 47.9 Å². The lowest BCUT2D eigenvalue weighted by Gasteiger charge is -2.36. The lowest BCUT2D eigenvalue weighted by Crippen LogP contribution is -2.49. The normalized spacial score (nSPS) is 14.2. The molecule has 118 valence electrons. The average molecular weight is 304 g/mol. The molecular formula is C16H20N2O4. The summed E-state index contributed by atoms with van der Waals surface area (Å²) >= 11 is 0. The van der Waals surface area contributed by atoms with Crippen LogP contribution in [0, 0.1) is 0 Å². The van der Waals surface area contributed by atoms with Crippen molar-refractivity contribution in [1.82, 2.24) is 9.80 Å². The maximum atomic E-state index is 12.3. The van der Waals surface area contributed by atoms with Crippen LogP contribution in [-0.4, -0.2) is 51.4 Å². The van der Waals surface area contributed by atoms with E-state index in [2.05, 4.69) is 0 Å². The highest BCUT2D eigenvalue weighted by Crippen LogP contribution is 2.25. The van der Waals surface area contributed by atoms with Gasteiger partial charge < -0.3 is 10.0 Å². The van der Waals surface area contributed by atoms with Gasteiger partial charge in [-0.2, -0.15) is 0 Å². The van der Waals surface area contributed by atoms with E-state index in [0.717, 1.165) is 0 Å². The standard InChI is InChI=1S/C16H20N2O4/c1-4-18(15(21)22)16(2,3)9-10-17-13(19)11-7-5-6-8-12(11)14(17)20/h5-8H,4,9-10H2,1-3H3,(H,21,22). The zero-order valence-corrected chi connectivity index (χ0v) is 13.0. The first-order chi connectivity index (χ1) is 10.3. The molecule has 0 radical (unpaired) electrons. The Morgan fingerprint density at radius 1 is 1.18 bits per heavy atom. The van der Waals surface area contributed by atoms with E-state index in [1.165, 1.54) is 9.80 Å². The van der Waals surface area contributed by atoms with E-state index in [1.807, 2.05) is 0 Å². The van der Waals surface area contributed by atoms with Crippen molar-refractivity contribution in [2.45, 2.75) is 32.7 Å². The number of hydrogen-bond acceptors (Lipinski definition) is 3. The molecular weight excluding hydrogens is 284 g/mol. The highest BCUT2D eigenvalue weighted by molar-refractivity contribution is 6.21. The van der Waals surface area contributed by atoms with E-state index in [9.17, 15) is 19.5 Å². The summed E-state index contributed by atoms with van der Waals surface area (Å²) in [6.07, 6.45) is -0.617. The van der Waals surface area contributed by atoms with Crippen LogP contribution in [0.15, 0.2) is 24.3 Å². The molecule has 22 heavy (non-hydrogen) atoms. The molecule has 0 bridgehead atoms. The van der Waals surface area contributed by atoms with Crippen LogP contribution in [0.2, 0.25) is 0 Å². The Morgan fingerprint density at radius 3 is 2.09 bits per heavy atom. The van der Waals surface area contributed by atoms with Crippen LogP contribution in [0.5, 0.6) is 0 Å². The summed E-state index contributed by atoms with van der Waals surface area (Å²) in [5, 5.41) is 9.23. The third-order valence-corrected chi connectivity index (χ3v) is 4.10. The third-order valence-electron chi connectivity index (χ3n) is 4.10. The van der Waals surface area contributed by atoms with E-state index in [-0.39, 0.29) is 18.4 Å². The molecule has 3 amide bonds. The molecule has 1 aliphatic heterocycles. The first-order valence-electron chi connectivity index (χ1n) is 7.25. The van der Waals surface area contributed by atoms with Gasteiger partial charge in [-0.25, -0.2) is 4.79 Å². The van der Waals surface area contributed by atoms with Gasteiger partial charge in [0.25, 0.3) is 11.8 Å². The second-order valence-electron chi connectivity index (χ2n) is 5.90. The Kier molecular flexibility index (Phi) is 4.21. The third kappa shape index (κ3) is 2.68. The van der Waals surface area contributed by atoms with E-state index >= 15 is 0 Å². The van der Waals surface area contributed by atoms with Gasteiger partial charge in [0.05, 0.1) is 11.1 Å². The van der Waals surface area contributed by atoms with Crippen molar-refractivity contribution in [3.63, 3.8) is 0 Å². The lowest BCUT2D eigenvalue weighted by atomic mass is 9.98. The molecule has 1 heterocycles. The number of fused-ring (bicyclic) bond motifs is 1. The van der Waals surface area contributed by atoms with Crippen molar-refractivity contribution in [3.8, 4) is 0 Å². The Bertz CT molecular complexity index is 589. The smallest absolute Gasteiger partial charge is 0.407 e. The molecule has 0 atom stereocenters. The Hall–Kier alpha value is -2.37. The van der Waals surface area contributed by atoms with Crippen molar-refractivity contribution in [2.24, 2.45) is 0 Å². The van der Waals surface area contributed by atoms with Gasteiger partial charge >= 0.3 is 6.09 Å². The number of carbonyl (C=O) groups excluding carboxylic acids is 2. The molecule has 0 aliphatic carbocycles. The fourth-order valence-corrected chi connectivity index (χ4v) is 2.78. The van der Waals surface area contributed by atoms with Crippen molar-refractivity contribution < 1.29 is 19.5 Å². The summed E-state index contributed by atoms with van der Waals surface area (Å²) in [6.45, 7) is 5.90. The quantitative estimate of drug-likeness (QED) is 0.848. The van der Waals surface area contributed by atoms with Gasteiger partial charge in [-0.1, -0.05) is 12.1 Å². The highest BCUT2D eigenvalue weighted by Gasteiger charge is 2.37. The largest absolute Gasteiger partial charge is 0.465 e. The minimum absolute atomic E-state index is 0.198. The molecule has 0 aromatic heterocycles. The summed E-state index contributed by atoms with van der Waals surface area (Å²) < 4.78 is 0. The van der Waals surface area contributed by atoms with E-state index in [4.69, 9.17) is 0 Å². The molecule has 0 fully saturated rings. The maximum Gasteiger partial charge on any atom is 0.407 e. The van der Waals surface area contributed by atoms with Crippen LogP contribution in [-0.2, 0) is 0 Å². The van der Waals surface area contributed by atoms with Crippen molar-refractivity contribution >= 4 is 17.9 Å². The number of carboxylic acid groups (broad SMARTS) is 1. The van der Waals surface area contributed by atoms with E-state index in [0.29, 0.717) is 24.1 Å². The van der Waals surface area contributed by atoms with E-state index < -0.39 is 11.6 Å². The minimum atomic E-state index is -1.00. The van der Waals surface area contributed by atoms with Crippen LogP contribution in [0.3, 0.4) is 0 Å². The van der Waals surface area contributed by atoms with Gasteiger partial charge in [0.2, 0.25) is 0 Å². The first-order valence-corrected chi connectivity index (χ1v) is 7.25. The first kappa shape index (κ1) is 16.0. The molecule has 1 N–H and O–H groups in total. The van der Waals surface area contributed by atoms with Crippen LogP contribution >= 0.6 is 0 Å². The summed E-state index contributed by atoms with van der Waals surface area (Å²) in [6, 6.07) is 6.72. The second-order valence-corrected chi connectivity index (χ2v) is 5.90. The zero-order chi connectivity index (χ0) is 16.5. The number of hydrogen-bond donors (Lipinski definition) is 1. The predicted molar refractivity (Wildman–Crippen MR) is 80.9 cm³/mol. The summed E-state index contributed by atoms with van der Waals surface area (Å²) in [5.41, 5.74) is 0.169. The fourth-order valence-electron chi connectivity index (χ4n) is 2.78. The molecule has 6 nitrogen and oxygen atoms in total. The fraction of sp³-hybridized carbons (Fsp3) is 0.438. The zero-order valence-electron chi connectivity index (χ0n) is 13.0. The molecule has 1 aromatic carbocycles. The van der Waals surface area contributed by atoms with Crippen LogP contribution < -0.4 is 0 Å². The van der Waals surface area contributed by atoms with Gasteiger partial charge in [0.15, 0.2) is 0 Å². The van der Waals surface area contributed by atoms with Crippen molar-refractivity contribution in [1.29, 1.82) is 0 Å². The molecule has 0 saturated carbocycles. The number of rotatable bonds is 5. The van der Waals surface area contributed by atoms with Gasteiger partial charge in [0, 0.05) is 18.6 Å². The monoisotopic (exact) mass is 304 g/mol. The molecule has 0 saturated heterocycles.